The van der Waals surface area contributed by atoms with E-state index < -0.39 is 48.3 Å². The molecule has 3 atom stereocenters. The van der Waals surface area contributed by atoms with Crippen LogP contribution in [-0.2, 0) is 14.3 Å². The minimum absolute atomic E-state index is 0.0220. The monoisotopic (exact) mass is 486 g/mol. The van der Waals surface area contributed by atoms with Crippen molar-refractivity contribution in [1.82, 2.24) is 10.6 Å². The molecule has 1 fully saturated rings. The Kier molecular flexibility index (Phi) is 6.78. The SMILES string of the molecule is CC(C)C[C@@H](NC(=O)OCC1c2ccccc2-c2ccccc21)C(=O)NCC1C(C(=O)O)C1(F)F. The van der Waals surface area contributed by atoms with Crippen molar-refractivity contribution in [3.05, 3.63) is 59.7 Å². The van der Waals surface area contributed by atoms with Gasteiger partial charge in [0.05, 0.1) is 5.92 Å². The van der Waals surface area contributed by atoms with Crippen LogP contribution in [0.4, 0.5) is 13.6 Å². The molecule has 2 aromatic carbocycles. The van der Waals surface area contributed by atoms with E-state index in [2.05, 4.69) is 10.6 Å². The second-order valence-electron chi connectivity index (χ2n) is 9.49. The first-order valence-corrected chi connectivity index (χ1v) is 11.6. The lowest BCUT2D eigenvalue weighted by Gasteiger charge is -2.21. The number of benzene rings is 2. The molecule has 0 bridgehead atoms. The molecule has 3 N–H and O–H groups in total. The molecule has 1 saturated carbocycles. The van der Waals surface area contributed by atoms with E-state index in [9.17, 15) is 23.2 Å². The van der Waals surface area contributed by atoms with Crippen molar-refractivity contribution in [3.63, 3.8) is 0 Å². The fourth-order valence-electron chi connectivity index (χ4n) is 4.80. The summed E-state index contributed by atoms with van der Waals surface area (Å²) < 4.78 is 32.7. The quantitative estimate of drug-likeness (QED) is 0.497. The van der Waals surface area contributed by atoms with Crippen molar-refractivity contribution in [3.8, 4) is 11.1 Å². The molecule has 2 aromatic rings. The van der Waals surface area contributed by atoms with Gasteiger partial charge >= 0.3 is 12.1 Å². The van der Waals surface area contributed by atoms with Gasteiger partial charge < -0.3 is 20.5 Å². The number of fused-ring (bicyclic) bond motifs is 3. The molecular weight excluding hydrogens is 458 g/mol. The summed E-state index contributed by atoms with van der Waals surface area (Å²) in [6, 6.07) is 14.8. The first-order valence-electron chi connectivity index (χ1n) is 11.6. The average molecular weight is 487 g/mol. The molecule has 7 nitrogen and oxygen atoms in total. The maximum Gasteiger partial charge on any atom is 0.407 e. The zero-order chi connectivity index (χ0) is 25.3. The summed E-state index contributed by atoms with van der Waals surface area (Å²) in [5.74, 6) is -8.99. The van der Waals surface area contributed by atoms with Crippen LogP contribution in [0.15, 0.2) is 48.5 Å². The van der Waals surface area contributed by atoms with Crippen molar-refractivity contribution in [2.45, 2.75) is 38.2 Å². The molecule has 4 rings (SSSR count). The Morgan fingerprint density at radius 2 is 1.60 bits per heavy atom. The molecule has 9 heteroatoms. The van der Waals surface area contributed by atoms with Crippen LogP contribution in [0.3, 0.4) is 0 Å². The van der Waals surface area contributed by atoms with Gasteiger partial charge in [0.2, 0.25) is 5.91 Å². The van der Waals surface area contributed by atoms with Crippen molar-refractivity contribution in [2.75, 3.05) is 13.2 Å². The number of carbonyl (C=O) groups excluding carboxylic acids is 2. The van der Waals surface area contributed by atoms with Gasteiger partial charge in [0.25, 0.3) is 5.92 Å². The molecule has 2 aliphatic rings. The summed E-state index contributed by atoms with van der Waals surface area (Å²) in [7, 11) is 0. The highest BCUT2D eigenvalue weighted by Gasteiger charge is 2.72. The van der Waals surface area contributed by atoms with Gasteiger partial charge in [-0.15, -0.1) is 0 Å². The number of halogens is 2. The molecular formula is C26H28F2N2O5. The maximum absolute atomic E-state index is 13.6. The number of ether oxygens (including phenoxy) is 1. The van der Waals surface area contributed by atoms with E-state index in [0.717, 1.165) is 22.3 Å². The van der Waals surface area contributed by atoms with Gasteiger partial charge in [0.15, 0.2) is 0 Å². The van der Waals surface area contributed by atoms with Gasteiger partial charge in [-0.25, -0.2) is 13.6 Å². The van der Waals surface area contributed by atoms with E-state index in [1.165, 1.54) is 0 Å². The van der Waals surface area contributed by atoms with Crippen molar-refractivity contribution >= 4 is 18.0 Å². The van der Waals surface area contributed by atoms with Crippen molar-refractivity contribution < 1.29 is 33.0 Å². The highest BCUT2D eigenvalue weighted by atomic mass is 19.3. The third kappa shape index (κ3) is 4.99. The molecule has 0 saturated heterocycles. The number of amides is 2. The topological polar surface area (TPSA) is 105 Å². The third-order valence-electron chi connectivity index (χ3n) is 6.62. The standard InChI is InChI=1S/C26H28F2N2O5/c1-14(2)11-21(23(31)29-12-20-22(24(32)33)26(20,27)28)30-25(34)35-13-19-17-9-5-3-7-15(17)16-8-4-6-10-18(16)19/h3-10,14,19-22H,11-13H2,1-2H3,(H,29,31)(H,30,34)(H,32,33)/t20?,21-,22?/m1/s1. The zero-order valence-corrected chi connectivity index (χ0v) is 19.5. The Hall–Kier alpha value is -3.49. The van der Waals surface area contributed by atoms with Crippen LogP contribution in [0.5, 0.6) is 0 Å². The van der Waals surface area contributed by atoms with Crippen LogP contribution >= 0.6 is 0 Å². The summed E-state index contributed by atoms with van der Waals surface area (Å²) in [5, 5.41) is 13.8. The van der Waals surface area contributed by atoms with Crippen LogP contribution in [0.1, 0.15) is 37.3 Å². The highest BCUT2D eigenvalue weighted by Crippen LogP contribution is 2.54. The molecule has 2 unspecified atom stereocenters. The molecule has 186 valence electrons. The summed E-state index contributed by atoms with van der Waals surface area (Å²) in [4.78, 5) is 36.2. The third-order valence-corrected chi connectivity index (χ3v) is 6.62. The Labute approximate surface area is 201 Å². The van der Waals surface area contributed by atoms with E-state index in [1.807, 2.05) is 62.4 Å². The molecule has 2 amide bonds. The first kappa shape index (κ1) is 24.6. The van der Waals surface area contributed by atoms with Crippen LogP contribution in [-0.4, -0.2) is 48.2 Å². The minimum atomic E-state index is -3.35. The van der Waals surface area contributed by atoms with Gasteiger partial charge in [-0.1, -0.05) is 62.4 Å². The molecule has 2 aliphatic carbocycles. The van der Waals surface area contributed by atoms with Gasteiger partial charge in [-0.2, -0.15) is 0 Å². The largest absolute Gasteiger partial charge is 0.481 e. The molecule has 0 radical (unpaired) electrons. The van der Waals surface area contributed by atoms with Gasteiger partial charge in [0, 0.05) is 12.5 Å². The molecule has 35 heavy (non-hydrogen) atoms. The van der Waals surface area contributed by atoms with Crippen LogP contribution in [0, 0.1) is 17.8 Å². The number of nitrogens with one attached hydrogen (secondary N) is 2. The van der Waals surface area contributed by atoms with E-state index in [0.29, 0.717) is 0 Å². The van der Waals surface area contributed by atoms with Crippen molar-refractivity contribution in [1.29, 1.82) is 0 Å². The number of alkyl carbamates (subject to hydrolysis) is 1. The number of carboxylic acid groups (broad SMARTS) is 1. The Bertz CT molecular complexity index is 1090. The van der Waals surface area contributed by atoms with Gasteiger partial charge in [0.1, 0.15) is 18.6 Å². The second-order valence-corrected chi connectivity index (χ2v) is 9.49. The fraction of sp³-hybridized carbons (Fsp3) is 0.423. The smallest absolute Gasteiger partial charge is 0.407 e. The van der Waals surface area contributed by atoms with E-state index in [1.54, 1.807) is 0 Å². The molecule has 0 aromatic heterocycles. The number of hydrogen-bond donors (Lipinski definition) is 3. The summed E-state index contributed by atoms with van der Waals surface area (Å²) >= 11 is 0. The summed E-state index contributed by atoms with van der Waals surface area (Å²) in [6.07, 6.45) is -0.521. The summed E-state index contributed by atoms with van der Waals surface area (Å²) in [5.41, 5.74) is 4.28. The number of rotatable bonds is 9. The first-order chi connectivity index (χ1) is 16.6. The molecule has 0 heterocycles. The lowest BCUT2D eigenvalue weighted by atomic mass is 9.98. The normalized spacial score (nSPS) is 20.5. The van der Waals surface area contributed by atoms with Crippen molar-refractivity contribution in [2.24, 2.45) is 17.8 Å². The number of carboxylic acids is 1. The minimum Gasteiger partial charge on any atom is -0.481 e. The van der Waals surface area contributed by atoms with Crippen LogP contribution in [0.2, 0.25) is 0 Å². The van der Waals surface area contributed by atoms with Gasteiger partial charge in [-0.05, 0) is 34.6 Å². The Morgan fingerprint density at radius 1 is 1.03 bits per heavy atom. The molecule has 0 aliphatic heterocycles. The van der Waals surface area contributed by atoms with E-state index in [4.69, 9.17) is 9.84 Å². The second kappa shape index (κ2) is 9.64. The lowest BCUT2D eigenvalue weighted by molar-refractivity contribution is -0.141. The van der Waals surface area contributed by atoms with E-state index in [-0.39, 0.29) is 24.9 Å². The molecule has 0 spiro atoms. The maximum atomic E-state index is 13.6. The Morgan fingerprint density at radius 3 is 2.11 bits per heavy atom. The number of alkyl halides is 2. The zero-order valence-electron chi connectivity index (χ0n) is 19.5. The summed E-state index contributed by atoms with van der Waals surface area (Å²) in [6.45, 7) is 3.30. The lowest BCUT2D eigenvalue weighted by Crippen LogP contribution is -2.48. The number of aliphatic carboxylic acids is 1. The predicted octanol–water partition coefficient (Wildman–Crippen LogP) is 4.02. The Balaban J connectivity index is 1.36. The average Bonchev–Trinajstić information content (AvgIpc) is 3.22. The van der Waals surface area contributed by atoms with E-state index >= 15 is 0 Å². The number of hydrogen-bond acceptors (Lipinski definition) is 4. The van der Waals surface area contributed by atoms with Crippen LogP contribution in [0.25, 0.3) is 11.1 Å². The van der Waals surface area contributed by atoms with Crippen LogP contribution < -0.4 is 10.6 Å². The highest BCUT2D eigenvalue weighted by molar-refractivity contribution is 5.86. The van der Waals surface area contributed by atoms with Gasteiger partial charge in [-0.3, -0.25) is 9.59 Å². The predicted molar refractivity (Wildman–Crippen MR) is 124 cm³/mol. The fourth-order valence-corrected chi connectivity index (χ4v) is 4.80. The number of carbonyl (C=O) groups is 3.